The lowest BCUT2D eigenvalue weighted by Crippen LogP contribution is -2.61. The van der Waals surface area contributed by atoms with Crippen molar-refractivity contribution in [3.8, 4) is 40.1 Å². The van der Waals surface area contributed by atoms with Crippen LogP contribution in [0, 0.1) is 0 Å². The number of aliphatic hydroxyl groups is 6. The molecule has 3 heterocycles. The van der Waals surface area contributed by atoms with Crippen LogP contribution in [0.2, 0.25) is 0 Å². The van der Waals surface area contributed by atoms with Crippen LogP contribution < -0.4 is 10.2 Å². The number of benzene rings is 2. The van der Waals surface area contributed by atoms with Gasteiger partial charge in [-0.1, -0.05) is 0 Å². The molecular weight excluding hydrogens is 568 g/mol. The van der Waals surface area contributed by atoms with Crippen LogP contribution in [-0.4, -0.2) is 120 Å². The highest BCUT2D eigenvalue weighted by molar-refractivity contribution is 5.88. The molecule has 0 bridgehead atoms. The number of ether oxygens (including phenoxy) is 4. The van der Waals surface area contributed by atoms with E-state index in [1.165, 1.54) is 6.07 Å². The van der Waals surface area contributed by atoms with Crippen molar-refractivity contribution in [2.75, 3.05) is 13.2 Å². The molecule has 0 unspecified atom stereocenters. The molecule has 0 radical (unpaired) electrons. The first-order valence-electron chi connectivity index (χ1n) is 12.6. The van der Waals surface area contributed by atoms with E-state index in [1.54, 1.807) is 0 Å². The molecule has 42 heavy (non-hydrogen) atoms. The highest BCUT2D eigenvalue weighted by Gasteiger charge is 2.47. The number of hydrogen-bond acceptors (Lipinski definition) is 16. The largest absolute Gasteiger partial charge is 0.508 e. The fourth-order valence-electron chi connectivity index (χ4n) is 4.61. The minimum absolute atomic E-state index is 0.0305. The van der Waals surface area contributed by atoms with Crippen molar-refractivity contribution < 1.29 is 74.4 Å². The van der Waals surface area contributed by atoms with Gasteiger partial charge in [0.1, 0.15) is 65.2 Å². The molecule has 0 spiro atoms. The maximum Gasteiger partial charge on any atom is 0.239 e. The lowest BCUT2D eigenvalue weighted by atomic mass is 9.99. The summed E-state index contributed by atoms with van der Waals surface area (Å²) in [5.74, 6) is -3.33. The second-order valence-corrected chi connectivity index (χ2v) is 9.85. The van der Waals surface area contributed by atoms with E-state index in [0.29, 0.717) is 0 Å². The van der Waals surface area contributed by atoms with E-state index in [9.17, 15) is 55.9 Å². The minimum Gasteiger partial charge on any atom is -0.508 e. The number of phenolic OH excluding ortho intramolecular Hbond substituents is 4. The molecule has 9 atom stereocenters. The van der Waals surface area contributed by atoms with Gasteiger partial charge in [0, 0.05) is 17.7 Å². The van der Waals surface area contributed by atoms with Crippen LogP contribution >= 0.6 is 0 Å². The van der Waals surface area contributed by atoms with Crippen LogP contribution in [0.15, 0.2) is 39.5 Å². The van der Waals surface area contributed by atoms with Crippen molar-refractivity contribution in [1.29, 1.82) is 0 Å². The molecule has 16 heteroatoms. The van der Waals surface area contributed by atoms with E-state index in [4.69, 9.17) is 23.4 Å². The van der Waals surface area contributed by atoms with Crippen molar-refractivity contribution >= 4 is 11.0 Å². The molecule has 2 aromatic carbocycles. The van der Waals surface area contributed by atoms with Gasteiger partial charge in [0.15, 0.2) is 23.5 Å². The zero-order chi connectivity index (χ0) is 30.5. The molecular formula is C26H28O16. The third kappa shape index (κ3) is 5.42. The molecule has 2 fully saturated rings. The molecule has 0 amide bonds. The van der Waals surface area contributed by atoms with Gasteiger partial charge in [-0.2, -0.15) is 0 Å². The summed E-state index contributed by atoms with van der Waals surface area (Å²) in [5, 5.41) is 101. The van der Waals surface area contributed by atoms with Crippen molar-refractivity contribution in [2.45, 2.75) is 55.3 Å². The smallest absolute Gasteiger partial charge is 0.239 e. The first kappa shape index (κ1) is 29.8. The summed E-state index contributed by atoms with van der Waals surface area (Å²) in [5.41, 5.74) is -1.35. The van der Waals surface area contributed by atoms with Crippen molar-refractivity contribution in [3.63, 3.8) is 0 Å². The van der Waals surface area contributed by atoms with Crippen LogP contribution in [-0.2, 0) is 14.2 Å². The first-order valence-corrected chi connectivity index (χ1v) is 12.6. The van der Waals surface area contributed by atoms with Gasteiger partial charge in [0.2, 0.25) is 17.5 Å². The van der Waals surface area contributed by atoms with Crippen LogP contribution in [0.5, 0.6) is 28.7 Å². The fourth-order valence-corrected chi connectivity index (χ4v) is 4.61. The molecule has 0 aliphatic carbocycles. The Kier molecular flexibility index (Phi) is 8.17. The maximum atomic E-state index is 13.5. The van der Waals surface area contributed by atoms with E-state index in [0.717, 1.165) is 24.3 Å². The summed E-state index contributed by atoms with van der Waals surface area (Å²) in [6, 6.07) is 5.23. The van der Waals surface area contributed by atoms with Gasteiger partial charge in [0.05, 0.1) is 13.2 Å². The Hall–Kier alpha value is -3.71. The van der Waals surface area contributed by atoms with Crippen LogP contribution in [0.4, 0.5) is 0 Å². The van der Waals surface area contributed by atoms with E-state index < -0.39 is 107 Å². The van der Waals surface area contributed by atoms with Gasteiger partial charge in [-0.3, -0.25) is 4.79 Å². The Balaban J connectivity index is 1.48. The predicted molar refractivity (Wildman–Crippen MR) is 136 cm³/mol. The molecule has 16 nitrogen and oxygen atoms in total. The van der Waals surface area contributed by atoms with Crippen LogP contribution in [0.3, 0.4) is 0 Å². The normalized spacial score (nSPS) is 31.7. The Labute approximate surface area is 235 Å². The topological polar surface area (TPSA) is 269 Å². The highest BCUT2D eigenvalue weighted by atomic mass is 16.7. The predicted octanol–water partition coefficient (Wildman–Crippen LogP) is -2.08. The van der Waals surface area contributed by atoms with Crippen molar-refractivity contribution in [1.82, 2.24) is 0 Å². The molecule has 5 rings (SSSR count). The highest BCUT2D eigenvalue weighted by Crippen LogP contribution is 2.39. The Morgan fingerprint density at radius 3 is 2.21 bits per heavy atom. The van der Waals surface area contributed by atoms with Gasteiger partial charge >= 0.3 is 0 Å². The summed E-state index contributed by atoms with van der Waals surface area (Å²) in [4.78, 5) is 13.5. The van der Waals surface area contributed by atoms with Crippen molar-refractivity contribution in [2.24, 2.45) is 0 Å². The average molecular weight is 596 g/mol. The average Bonchev–Trinajstić information content (AvgIpc) is 2.94. The van der Waals surface area contributed by atoms with Crippen LogP contribution in [0.1, 0.15) is 0 Å². The SMILES string of the molecule is O=c1c(O[C@H]2O[C@@H](CO[C@@H]3OC[C@H](O)[C@@H](O)[C@@H]3O)[C@H](O)[C@@H](O)[C@@H]2O)c(-c2ccc(O)c(O)c2)oc2cc(O)cc(O)c12. The number of rotatable bonds is 6. The second-order valence-electron chi connectivity index (χ2n) is 9.85. The van der Waals surface area contributed by atoms with E-state index in [2.05, 4.69) is 0 Å². The second kappa shape index (κ2) is 11.5. The van der Waals surface area contributed by atoms with Gasteiger partial charge in [-0.25, -0.2) is 0 Å². The number of aliphatic hydroxyl groups excluding tert-OH is 6. The fraction of sp³-hybridized carbons (Fsp3) is 0.423. The Morgan fingerprint density at radius 1 is 0.786 bits per heavy atom. The third-order valence-electron chi connectivity index (χ3n) is 6.94. The summed E-state index contributed by atoms with van der Waals surface area (Å²) in [7, 11) is 0. The first-order chi connectivity index (χ1) is 19.9. The number of hydrogen-bond donors (Lipinski definition) is 10. The molecule has 2 aliphatic heterocycles. The van der Waals surface area contributed by atoms with Gasteiger partial charge in [0.25, 0.3) is 0 Å². The summed E-state index contributed by atoms with van der Waals surface area (Å²) >= 11 is 0. The standard InChI is InChI=1S/C26H28O16/c27-9-4-12(30)16-14(5-9)40-23(8-1-2-10(28)11(29)3-8)24(19(16)34)42-26-22(37)20(35)18(33)15(41-26)7-39-25-21(36)17(32)13(31)6-38-25/h1-5,13,15,17-18,20-22,25-33,35-37H,6-7H2/t13-,15-,17+,18-,20+,21-,22-,25-,26+/m0/s1. The maximum absolute atomic E-state index is 13.5. The number of fused-ring (bicyclic) bond motifs is 1. The minimum atomic E-state index is -1.96. The summed E-state index contributed by atoms with van der Waals surface area (Å²) < 4.78 is 27.5. The summed E-state index contributed by atoms with van der Waals surface area (Å²) in [6.07, 6.45) is -15.1. The zero-order valence-corrected chi connectivity index (χ0v) is 21.4. The molecule has 2 aliphatic rings. The molecule has 2 saturated heterocycles. The lowest BCUT2D eigenvalue weighted by molar-refractivity contribution is -0.307. The molecule has 228 valence electrons. The molecule has 1 aromatic heterocycles. The summed E-state index contributed by atoms with van der Waals surface area (Å²) in [6.45, 7) is -0.970. The van der Waals surface area contributed by atoms with Gasteiger partial charge in [-0.05, 0) is 18.2 Å². The molecule has 10 N–H and O–H groups in total. The molecule has 0 saturated carbocycles. The monoisotopic (exact) mass is 596 g/mol. The van der Waals surface area contributed by atoms with E-state index in [1.807, 2.05) is 0 Å². The number of phenols is 4. The Morgan fingerprint density at radius 2 is 1.50 bits per heavy atom. The van der Waals surface area contributed by atoms with Gasteiger partial charge < -0.3 is 74.4 Å². The third-order valence-corrected chi connectivity index (χ3v) is 6.94. The van der Waals surface area contributed by atoms with Crippen LogP contribution in [0.25, 0.3) is 22.3 Å². The van der Waals surface area contributed by atoms with Crippen molar-refractivity contribution in [3.05, 3.63) is 40.6 Å². The number of aromatic hydroxyl groups is 4. The Bertz CT molecular complexity index is 1510. The lowest BCUT2D eigenvalue weighted by Gasteiger charge is -2.41. The quantitative estimate of drug-likeness (QED) is 0.137. The molecule has 3 aromatic rings. The van der Waals surface area contributed by atoms with Gasteiger partial charge in [-0.15, -0.1) is 0 Å². The van der Waals surface area contributed by atoms with E-state index in [-0.39, 0.29) is 17.8 Å². The van der Waals surface area contributed by atoms with E-state index >= 15 is 0 Å². The zero-order valence-electron chi connectivity index (χ0n) is 21.4.